The molecule has 1 aromatic heterocycles. The minimum atomic E-state index is -0.466. The van der Waals surface area contributed by atoms with Crippen molar-refractivity contribution in [2.24, 2.45) is 4.99 Å². The second-order valence-corrected chi connectivity index (χ2v) is 10.6. The van der Waals surface area contributed by atoms with Gasteiger partial charge in [0.15, 0.2) is 5.88 Å². The average molecular weight is 552 g/mol. The molecule has 3 aromatic carbocycles. The third-order valence-electron chi connectivity index (χ3n) is 7.87. The average Bonchev–Trinajstić information content (AvgIpc) is 3.52. The fourth-order valence-electron chi connectivity index (χ4n) is 5.65. The molecule has 0 unspecified atom stereocenters. The molecule has 2 aliphatic heterocycles. The number of aromatic nitrogens is 1. The van der Waals surface area contributed by atoms with Gasteiger partial charge in [-0.2, -0.15) is 0 Å². The van der Waals surface area contributed by atoms with Crippen molar-refractivity contribution < 1.29 is 19.6 Å². The smallest absolute Gasteiger partial charge is 0.270 e. The van der Waals surface area contributed by atoms with E-state index in [0.717, 1.165) is 29.7 Å². The van der Waals surface area contributed by atoms with Crippen LogP contribution in [0.3, 0.4) is 0 Å². The fourth-order valence-corrected chi connectivity index (χ4v) is 5.65. The summed E-state index contributed by atoms with van der Waals surface area (Å²) < 4.78 is 0. The Kier molecular flexibility index (Phi) is 6.74. The van der Waals surface area contributed by atoms with Crippen LogP contribution in [0.2, 0.25) is 0 Å². The minimum absolute atomic E-state index is 0.0430. The zero-order chi connectivity index (χ0) is 28.7. The number of aliphatic imine (C=N–C) groups is 1. The van der Waals surface area contributed by atoms with Crippen LogP contribution in [-0.2, 0) is 29.1 Å². The zero-order valence-electron chi connectivity index (χ0n) is 22.6. The number of nitrogens with one attached hydrogen (secondary N) is 1. The van der Waals surface area contributed by atoms with Gasteiger partial charge in [0.2, 0.25) is 11.8 Å². The number of carbonyl (C=O) groups excluding carboxylic acids is 2. The predicted molar refractivity (Wildman–Crippen MR) is 154 cm³/mol. The van der Waals surface area contributed by atoms with Gasteiger partial charge in [0, 0.05) is 68.1 Å². The third-order valence-corrected chi connectivity index (χ3v) is 7.87. The van der Waals surface area contributed by atoms with Crippen molar-refractivity contribution in [2.75, 3.05) is 13.1 Å². The number of non-ortho nitro benzene ring substituents is 1. The molecule has 1 saturated heterocycles. The Morgan fingerprint density at radius 2 is 1.85 bits per heavy atom. The largest absolute Gasteiger partial charge is 0.494 e. The number of nitro groups is 1. The second-order valence-electron chi connectivity index (χ2n) is 10.6. The summed E-state index contributed by atoms with van der Waals surface area (Å²) in [5, 5.41) is 23.1. The lowest BCUT2D eigenvalue weighted by molar-refractivity contribution is -0.384. The molecule has 10 nitrogen and oxygen atoms in total. The van der Waals surface area contributed by atoms with Crippen molar-refractivity contribution in [1.29, 1.82) is 0 Å². The lowest BCUT2D eigenvalue weighted by Crippen LogP contribution is -2.34. The van der Waals surface area contributed by atoms with Gasteiger partial charge in [-0.25, -0.2) is 4.99 Å². The van der Waals surface area contributed by atoms with Gasteiger partial charge in [-0.15, -0.1) is 0 Å². The van der Waals surface area contributed by atoms with E-state index in [1.165, 1.54) is 12.1 Å². The first-order chi connectivity index (χ1) is 19.8. The predicted octanol–water partition coefficient (Wildman–Crippen LogP) is 4.98. The molecule has 2 N–H and O–H groups in total. The van der Waals surface area contributed by atoms with Crippen molar-refractivity contribution in [3.63, 3.8) is 0 Å². The maximum Gasteiger partial charge on any atom is 0.270 e. The number of benzene rings is 3. The highest BCUT2D eigenvalue weighted by Crippen LogP contribution is 2.34. The number of aromatic hydroxyl groups is 1. The maximum absolute atomic E-state index is 12.1. The number of H-pyrrole nitrogens is 1. The van der Waals surface area contributed by atoms with E-state index < -0.39 is 4.92 Å². The van der Waals surface area contributed by atoms with Crippen molar-refractivity contribution in [3.8, 4) is 5.88 Å². The number of aromatic amines is 1. The molecule has 41 heavy (non-hydrogen) atoms. The van der Waals surface area contributed by atoms with Crippen molar-refractivity contribution in [1.82, 2.24) is 14.8 Å². The maximum atomic E-state index is 12.1. The fraction of sp³-hybridized carbons (Fsp3) is 0.258. The number of rotatable bonds is 6. The normalized spacial score (nSPS) is 15.4. The van der Waals surface area contributed by atoms with Crippen LogP contribution in [0.1, 0.15) is 47.6 Å². The number of hydrogen-bond donors (Lipinski definition) is 2. The van der Waals surface area contributed by atoms with Gasteiger partial charge >= 0.3 is 0 Å². The Balaban J connectivity index is 1.44. The molecule has 2 amide bonds. The van der Waals surface area contributed by atoms with E-state index in [9.17, 15) is 24.8 Å². The molecule has 208 valence electrons. The summed E-state index contributed by atoms with van der Waals surface area (Å²) in [5.74, 6) is 0.0583. The monoisotopic (exact) mass is 551 g/mol. The number of hydrogen-bond acceptors (Lipinski definition) is 6. The summed E-state index contributed by atoms with van der Waals surface area (Å²) >= 11 is 0. The quantitative estimate of drug-likeness (QED) is 0.198. The van der Waals surface area contributed by atoms with Crippen molar-refractivity contribution >= 4 is 39.8 Å². The van der Waals surface area contributed by atoms with Gasteiger partial charge in [0.1, 0.15) is 0 Å². The number of nitro benzene ring substituents is 1. The summed E-state index contributed by atoms with van der Waals surface area (Å²) in [7, 11) is 0. The van der Waals surface area contributed by atoms with Crippen LogP contribution in [0, 0.1) is 10.1 Å². The molecule has 1 fully saturated rings. The molecule has 0 bridgehead atoms. The number of amides is 2. The highest BCUT2D eigenvalue weighted by atomic mass is 16.6. The topological polar surface area (TPSA) is 132 Å². The Hall–Kier alpha value is -4.99. The summed E-state index contributed by atoms with van der Waals surface area (Å²) in [4.78, 5) is 46.6. The molecular formula is C31H29N5O5. The minimum Gasteiger partial charge on any atom is -0.494 e. The number of likely N-dealkylation sites (tertiary alicyclic amines) is 1. The number of nitrogens with zero attached hydrogens (tertiary/aromatic N) is 4. The summed E-state index contributed by atoms with van der Waals surface area (Å²) in [6.07, 6.45) is 2.16. The van der Waals surface area contributed by atoms with Gasteiger partial charge < -0.3 is 19.9 Å². The summed E-state index contributed by atoms with van der Waals surface area (Å²) in [6, 6.07) is 17.9. The van der Waals surface area contributed by atoms with Gasteiger partial charge in [0.05, 0.1) is 21.9 Å². The molecule has 6 rings (SSSR count). The molecule has 0 atom stereocenters. The van der Waals surface area contributed by atoms with Crippen LogP contribution in [0.5, 0.6) is 5.88 Å². The lowest BCUT2D eigenvalue weighted by atomic mass is 9.97. The molecule has 2 aliphatic rings. The zero-order valence-corrected chi connectivity index (χ0v) is 22.6. The van der Waals surface area contributed by atoms with E-state index in [1.54, 1.807) is 13.0 Å². The first-order valence-electron chi connectivity index (χ1n) is 13.6. The van der Waals surface area contributed by atoms with E-state index in [0.29, 0.717) is 65.9 Å². The Morgan fingerprint density at radius 3 is 2.56 bits per heavy atom. The molecular weight excluding hydrogens is 522 g/mol. The SMILES string of the molecule is CC(=O)N1CCc2cc(N=C(c3ccc(CN4CCCC4=O)cc3)c3c(O)[nH]c4ccc([N+](=O)[O-])cc34)ccc2C1. The molecule has 4 aromatic rings. The number of carbonyl (C=O) groups is 2. The van der Waals surface area contributed by atoms with Crippen molar-refractivity contribution in [2.45, 2.75) is 39.3 Å². The number of fused-ring (bicyclic) bond motifs is 2. The molecule has 0 radical (unpaired) electrons. The van der Waals surface area contributed by atoms with Gasteiger partial charge in [-0.1, -0.05) is 30.3 Å². The van der Waals surface area contributed by atoms with Crippen LogP contribution in [-0.4, -0.2) is 55.4 Å². The molecule has 0 saturated carbocycles. The highest BCUT2D eigenvalue weighted by molar-refractivity contribution is 6.22. The first-order valence-corrected chi connectivity index (χ1v) is 13.6. The summed E-state index contributed by atoms with van der Waals surface area (Å²) in [5.41, 5.74) is 5.81. The van der Waals surface area contributed by atoms with Crippen molar-refractivity contribution in [3.05, 3.63) is 98.6 Å². The van der Waals surface area contributed by atoms with Crippen LogP contribution < -0.4 is 0 Å². The molecule has 0 spiro atoms. The Morgan fingerprint density at radius 1 is 1.05 bits per heavy atom. The highest BCUT2D eigenvalue weighted by Gasteiger charge is 2.23. The third kappa shape index (κ3) is 5.16. The second kappa shape index (κ2) is 10.5. The van der Waals surface area contributed by atoms with Gasteiger partial charge in [0.25, 0.3) is 5.69 Å². The van der Waals surface area contributed by atoms with E-state index >= 15 is 0 Å². The Bertz CT molecular complexity index is 1720. The van der Waals surface area contributed by atoms with E-state index in [1.807, 2.05) is 52.3 Å². The van der Waals surface area contributed by atoms with E-state index in [2.05, 4.69) is 4.98 Å². The van der Waals surface area contributed by atoms with E-state index in [-0.39, 0.29) is 23.4 Å². The molecule has 0 aliphatic carbocycles. The van der Waals surface area contributed by atoms with Gasteiger partial charge in [-0.05, 0) is 47.7 Å². The van der Waals surface area contributed by atoms with Crippen LogP contribution in [0.15, 0.2) is 65.7 Å². The first kappa shape index (κ1) is 26.2. The molecule has 3 heterocycles. The van der Waals surface area contributed by atoms with Gasteiger partial charge in [-0.3, -0.25) is 19.7 Å². The Labute approximate surface area is 236 Å². The standard InChI is InChI=1S/C31H29N5O5/c1-19(37)34-14-12-22-15-24(9-8-23(22)18-34)32-30(21-6-4-20(5-7-21)17-35-13-2-3-28(35)38)29-26-16-25(36(40)41)10-11-27(26)33-31(29)39/h4-11,15-16,33,39H,2-3,12-14,17-18H2,1H3. The van der Waals surface area contributed by atoms with Crippen LogP contribution in [0.4, 0.5) is 11.4 Å². The van der Waals surface area contributed by atoms with E-state index in [4.69, 9.17) is 4.99 Å². The molecule has 10 heteroatoms. The van der Waals surface area contributed by atoms with Crippen LogP contribution >= 0.6 is 0 Å². The summed E-state index contributed by atoms with van der Waals surface area (Å²) in [6.45, 7) is 4.03. The lowest BCUT2D eigenvalue weighted by Gasteiger charge is -2.28. The van der Waals surface area contributed by atoms with Crippen LogP contribution in [0.25, 0.3) is 10.9 Å².